The zero-order valence-electron chi connectivity index (χ0n) is 15.0. The minimum atomic E-state index is -0.550. The molecule has 5 nitrogen and oxygen atoms in total. The van der Waals surface area contributed by atoms with Crippen LogP contribution in [0.3, 0.4) is 0 Å². The van der Waals surface area contributed by atoms with Crippen molar-refractivity contribution in [3.63, 3.8) is 0 Å². The molecule has 0 aliphatic rings. The first-order valence-corrected chi connectivity index (χ1v) is 8.40. The van der Waals surface area contributed by atoms with Crippen LogP contribution in [-0.4, -0.2) is 32.3 Å². The number of benzene rings is 2. The minimum absolute atomic E-state index is 0.155. The normalized spacial score (nSPS) is 11.5. The maximum absolute atomic E-state index is 12.3. The molecule has 0 saturated carbocycles. The van der Waals surface area contributed by atoms with E-state index in [4.69, 9.17) is 14.2 Å². The lowest BCUT2D eigenvalue weighted by molar-refractivity contribution is -0.128. The monoisotopic (exact) mass is 343 g/mol. The summed E-state index contributed by atoms with van der Waals surface area (Å²) in [5.41, 5.74) is 1.18. The Kier molecular flexibility index (Phi) is 7.14. The molecule has 25 heavy (non-hydrogen) atoms. The van der Waals surface area contributed by atoms with Crippen molar-refractivity contribution >= 4 is 5.91 Å². The highest BCUT2D eigenvalue weighted by atomic mass is 16.5. The van der Waals surface area contributed by atoms with Gasteiger partial charge in [-0.1, -0.05) is 30.7 Å². The average Bonchev–Trinajstić information content (AvgIpc) is 2.64. The van der Waals surface area contributed by atoms with Crippen LogP contribution in [0.25, 0.3) is 0 Å². The van der Waals surface area contributed by atoms with Gasteiger partial charge in [0.25, 0.3) is 5.91 Å². The van der Waals surface area contributed by atoms with Gasteiger partial charge < -0.3 is 19.5 Å². The number of methoxy groups -OCH3 is 1. The molecule has 0 heterocycles. The molecule has 0 saturated heterocycles. The van der Waals surface area contributed by atoms with E-state index in [0.717, 1.165) is 5.75 Å². The zero-order chi connectivity index (χ0) is 18.1. The van der Waals surface area contributed by atoms with Crippen LogP contribution in [0.2, 0.25) is 0 Å². The summed E-state index contributed by atoms with van der Waals surface area (Å²) in [7, 11) is 1.59. The second kappa shape index (κ2) is 9.57. The van der Waals surface area contributed by atoms with Crippen LogP contribution < -0.4 is 19.5 Å². The number of aryl methyl sites for hydroxylation is 1. The summed E-state index contributed by atoms with van der Waals surface area (Å²) in [5.74, 6) is 1.94. The highest BCUT2D eigenvalue weighted by molar-refractivity contribution is 5.81. The van der Waals surface area contributed by atoms with Crippen LogP contribution in [0.1, 0.15) is 18.9 Å². The molecule has 0 unspecified atom stereocenters. The molecule has 5 heteroatoms. The maximum atomic E-state index is 12.3. The summed E-state index contributed by atoms with van der Waals surface area (Å²) in [6.45, 7) is 4.76. The molecule has 0 aliphatic heterocycles. The third-order valence-electron chi connectivity index (χ3n) is 3.67. The summed E-state index contributed by atoms with van der Waals surface area (Å²) >= 11 is 0. The van der Waals surface area contributed by atoms with Gasteiger partial charge in [0.05, 0.1) is 13.7 Å². The molecule has 2 rings (SSSR count). The van der Waals surface area contributed by atoms with E-state index in [-0.39, 0.29) is 5.91 Å². The van der Waals surface area contributed by atoms with E-state index in [1.165, 1.54) is 5.56 Å². The van der Waals surface area contributed by atoms with E-state index >= 15 is 0 Å². The van der Waals surface area contributed by atoms with Gasteiger partial charge >= 0.3 is 0 Å². The fraction of sp³-hybridized carbons (Fsp3) is 0.350. The van der Waals surface area contributed by atoms with Crippen molar-refractivity contribution in [2.45, 2.75) is 26.4 Å². The summed E-state index contributed by atoms with van der Waals surface area (Å²) < 4.78 is 16.5. The summed E-state index contributed by atoms with van der Waals surface area (Å²) in [5, 5.41) is 2.84. The van der Waals surface area contributed by atoms with Gasteiger partial charge in [0.15, 0.2) is 6.10 Å². The second-order valence-corrected chi connectivity index (χ2v) is 5.65. The van der Waals surface area contributed by atoms with Crippen LogP contribution in [0.15, 0.2) is 48.5 Å². The quantitative estimate of drug-likeness (QED) is 0.710. The Balaban J connectivity index is 1.78. The van der Waals surface area contributed by atoms with Crippen molar-refractivity contribution in [3.8, 4) is 17.2 Å². The maximum Gasteiger partial charge on any atom is 0.261 e. The predicted octanol–water partition coefficient (Wildman–Crippen LogP) is 3.36. The van der Waals surface area contributed by atoms with Gasteiger partial charge in [-0.2, -0.15) is 0 Å². The fourth-order valence-corrected chi connectivity index (χ4v) is 2.25. The highest BCUT2D eigenvalue weighted by Gasteiger charge is 2.18. The van der Waals surface area contributed by atoms with Crippen LogP contribution in [0.4, 0.5) is 0 Å². The number of carbonyl (C=O) groups is 1. The van der Waals surface area contributed by atoms with E-state index in [2.05, 4.69) is 5.32 Å². The number of rotatable bonds is 9. The Morgan fingerprint density at radius 2 is 1.80 bits per heavy atom. The number of nitrogens with one attached hydrogen (secondary N) is 1. The lowest BCUT2D eigenvalue weighted by Gasteiger charge is -2.17. The molecule has 2 aromatic rings. The molecule has 0 bridgehead atoms. The van der Waals surface area contributed by atoms with Gasteiger partial charge in [0.2, 0.25) is 0 Å². The van der Waals surface area contributed by atoms with Gasteiger partial charge in [-0.05, 0) is 37.6 Å². The molecule has 0 aromatic heterocycles. The zero-order valence-corrected chi connectivity index (χ0v) is 15.0. The Morgan fingerprint density at radius 1 is 1.08 bits per heavy atom. The minimum Gasteiger partial charge on any atom is -0.497 e. The molecular formula is C20H25NO4. The third-order valence-corrected chi connectivity index (χ3v) is 3.67. The van der Waals surface area contributed by atoms with Gasteiger partial charge in [-0.3, -0.25) is 4.79 Å². The van der Waals surface area contributed by atoms with E-state index in [9.17, 15) is 4.79 Å². The smallest absolute Gasteiger partial charge is 0.261 e. The second-order valence-electron chi connectivity index (χ2n) is 5.65. The predicted molar refractivity (Wildman–Crippen MR) is 97.4 cm³/mol. The van der Waals surface area contributed by atoms with Crippen LogP contribution in [0, 0.1) is 6.92 Å². The Bertz CT molecular complexity index is 670. The molecule has 0 fully saturated rings. The molecule has 0 spiro atoms. The van der Waals surface area contributed by atoms with Gasteiger partial charge in [-0.25, -0.2) is 0 Å². The summed E-state index contributed by atoms with van der Waals surface area (Å²) in [4.78, 5) is 12.3. The van der Waals surface area contributed by atoms with Crippen molar-refractivity contribution in [3.05, 3.63) is 54.1 Å². The molecule has 1 amide bonds. The number of carbonyl (C=O) groups excluding carboxylic acids is 1. The average molecular weight is 343 g/mol. The highest BCUT2D eigenvalue weighted by Crippen LogP contribution is 2.20. The Labute approximate surface area is 148 Å². The van der Waals surface area contributed by atoms with Crippen molar-refractivity contribution < 1.29 is 19.0 Å². The van der Waals surface area contributed by atoms with Crippen molar-refractivity contribution in [2.24, 2.45) is 0 Å². The van der Waals surface area contributed by atoms with Crippen LogP contribution in [-0.2, 0) is 4.79 Å². The standard InChI is InChI=1S/C20H25NO4/c1-4-19(25-18-7-5-6-17(14-18)23-3)20(22)21-12-13-24-16-10-8-15(2)9-11-16/h5-11,14,19H,4,12-13H2,1-3H3,(H,21,22)/t19-/m1/s1. The molecule has 2 aromatic carbocycles. The SMILES string of the molecule is CC[C@@H](Oc1cccc(OC)c1)C(=O)NCCOc1ccc(C)cc1. The first-order chi connectivity index (χ1) is 12.1. The number of hydrogen-bond acceptors (Lipinski definition) is 4. The topological polar surface area (TPSA) is 56.8 Å². The van der Waals surface area contributed by atoms with Gasteiger partial charge in [0, 0.05) is 6.07 Å². The lowest BCUT2D eigenvalue weighted by atomic mass is 10.2. The van der Waals surface area contributed by atoms with E-state index in [1.54, 1.807) is 19.2 Å². The lowest BCUT2D eigenvalue weighted by Crippen LogP contribution is -2.39. The molecule has 1 atom stereocenters. The Morgan fingerprint density at radius 3 is 2.48 bits per heavy atom. The van der Waals surface area contributed by atoms with Gasteiger partial charge in [0.1, 0.15) is 23.9 Å². The van der Waals surface area contributed by atoms with Gasteiger partial charge in [-0.15, -0.1) is 0 Å². The molecule has 0 aliphatic carbocycles. The third kappa shape index (κ3) is 6.03. The van der Waals surface area contributed by atoms with E-state index in [1.807, 2.05) is 50.2 Å². The fourth-order valence-electron chi connectivity index (χ4n) is 2.25. The van der Waals surface area contributed by atoms with Crippen LogP contribution >= 0.6 is 0 Å². The summed E-state index contributed by atoms with van der Waals surface area (Å²) in [6.07, 6.45) is 0.0217. The first-order valence-electron chi connectivity index (χ1n) is 8.40. The molecular weight excluding hydrogens is 318 g/mol. The first kappa shape index (κ1) is 18.6. The molecule has 1 N–H and O–H groups in total. The number of hydrogen-bond donors (Lipinski definition) is 1. The Hall–Kier alpha value is -2.69. The number of amides is 1. The van der Waals surface area contributed by atoms with Crippen molar-refractivity contribution in [2.75, 3.05) is 20.3 Å². The summed E-state index contributed by atoms with van der Waals surface area (Å²) in [6, 6.07) is 15.0. The van der Waals surface area contributed by atoms with Crippen LogP contribution in [0.5, 0.6) is 17.2 Å². The van der Waals surface area contributed by atoms with E-state index < -0.39 is 6.10 Å². The number of ether oxygens (including phenoxy) is 3. The van der Waals surface area contributed by atoms with Crippen molar-refractivity contribution in [1.29, 1.82) is 0 Å². The molecule has 134 valence electrons. The van der Waals surface area contributed by atoms with Crippen molar-refractivity contribution in [1.82, 2.24) is 5.32 Å². The van der Waals surface area contributed by atoms with E-state index in [0.29, 0.717) is 31.1 Å². The largest absolute Gasteiger partial charge is 0.497 e. The molecule has 0 radical (unpaired) electrons.